The number of rotatable bonds is 3. The molecular weight excluding hydrogens is 363 g/mol. The highest BCUT2D eigenvalue weighted by Gasteiger charge is 2.34. The fourth-order valence-electron chi connectivity index (χ4n) is 3.55. The van der Waals surface area contributed by atoms with Gasteiger partial charge in [-0.05, 0) is 18.2 Å². The molecule has 4 aromatic rings. The van der Waals surface area contributed by atoms with Gasteiger partial charge in [0.05, 0.1) is 30.1 Å². The van der Waals surface area contributed by atoms with Crippen LogP contribution in [0, 0.1) is 5.82 Å². The maximum atomic E-state index is 14.2. The van der Waals surface area contributed by atoms with Crippen LogP contribution in [0.1, 0.15) is 33.6 Å². The monoisotopic (exact) mass is 378 g/mol. The molecule has 5 rings (SSSR count). The van der Waals surface area contributed by atoms with Gasteiger partial charge in [-0.15, -0.1) is 0 Å². The van der Waals surface area contributed by atoms with Crippen molar-refractivity contribution in [3.05, 3.63) is 71.7 Å². The summed E-state index contributed by atoms with van der Waals surface area (Å²) in [7, 11) is 0. The van der Waals surface area contributed by atoms with Crippen molar-refractivity contribution < 1.29 is 9.18 Å². The number of aromatic nitrogens is 6. The van der Waals surface area contributed by atoms with Gasteiger partial charge < -0.3 is 15.6 Å². The number of fused-ring (bicyclic) bond motifs is 2. The van der Waals surface area contributed by atoms with Crippen LogP contribution in [0.15, 0.2) is 43.1 Å². The standard InChI is InChI=1S/C18H15FN8O/c19-10-2-1-4-27-14(10)6-12(25-27)17-16-11(23-9-24-16)3-5-26(17)15-8-21-13(7-22-15)18(20)28/h1-2,4,6-9,17H,3,5H2,(H2,20,28)(H,23,24)/t17-/m1/s1. The molecule has 0 aromatic carbocycles. The lowest BCUT2D eigenvalue weighted by Crippen LogP contribution is -2.37. The number of nitrogens with one attached hydrogen (secondary N) is 1. The molecule has 1 amide bonds. The summed E-state index contributed by atoms with van der Waals surface area (Å²) in [4.78, 5) is 29.3. The number of anilines is 1. The molecule has 4 aromatic heterocycles. The van der Waals surface area contributed by atoms with E-state index in [1.807, 2.05) is 4.90 Å². The molecular formula is C18H15FN8O. The predicted molar refractivity (Wildman–Crippen MR) is 97.2 cm³/mol. The molecule has 0 radical (unpaired) electrons. The first-order chi connectivity index (χ1) is 13.6. The molecule has 0 spiro atoms. The van der Waals surface area contributed by atoms with E-state index in [9.17, 15) is 9.18 Å². The van der Waals surface area contributed by atoms with Gasteiger partial charge in [0, 0.05) is 24.9 Å². The Labute approximate surface area is 158 Å². The van der Waals surface area contributed by atoms with Crippen molar-refractivity contribution in [2.45, 2.75) is 12.5 Å². The Morgan fingerprint density at radius 2 is 2.18 bits per heavy atom. The Hall–Kier alpha value is -3.82. The summed E-state index contributed by atoms with van der Waals surface area (Å²) < 4.78 is 15.7. The van der Waals surface area contributed by atoms with Crippen molar-refractivity contribution in [1.82, 2.24) is 29.5 Å². The van der Waals surface area contributed by atoms with Crippen LogP contribution in [-0.2, 0) is 6.42 Å². The number of H-pyrrole nitrogens is 1. The zero-order chi connectivity index (χ0) is 19.3. The third-order valence-electron chi connectivity index (χ3n) is 4.86. The third kappa shape index (κ3) is 2.49. The molecule has 1 aliphatic heterocycles. The Kier molecular flexibility index (Phi) is 3.57. The van der Waals surface area contributed by atoms with E-state index in [1.54, 1.807) is 24.7 Å². The zero-order valence-electron chi connectivity index (χ0n) is 14.6. The molecule has 140 valence electrons. The van der Waals surface area contributed by atoms with E-state index < -0.39 is 5.91 Å². The number of aromatic amines is 1. The number of halogens is 1. The minimum absolute atomic E-state index is 0.0903. The van der Waals surface area contributed by atoms with Crippen LogP contribution < -0.4 is 10.6 Å². The van der Waals surface area contributed by atoms with Crippen LogP contribution in [0.2, 0.25) is 0 Å². The van der Waals surface area contributed by atoms with Gasteiger partial charge in [0.2, 0.25) is 0 Å². The maximum absolute atomic E-state index is 14.2. The number of hydrogen-bond donors (Lipinski definition) is 2. The van der Waals surface area contributed by atoms with Crippen molar-refractivity contribution in [2.75, 3.05) is 11.4 Å². The van der Waals surface area contributed by atoms with E-state index in [-0.39, 0.29) is 17.6 Å². The topological polar surface area (TPSA) is 118 Å². The highest BCUT2D eigenvalue weighted by Crippen LogP contribution is 2.35. The van der Waals surface area contributed by atoms with Gasteiger partial charge in [-0.1, -0.05) is 0 Å². The summed E-state index contributed by atoms with van der Waals surface area (Å²) >= 11 is 0. The summed E-state index contributed by atoms with van der Waals surface area (Å²) in [5.41, 5.74) is 8.16. The molecule has 5 heterocycles. The summed E-state index contributed by atoms with van der Waals surface area (Å²) in [6, 6.07) is 4.34. The second kappa shape index (κ2) is 6.12. The second-order valence-corrected chi connectivity index (χ2v) is 6.49. The van der Waals surface area contributed by atoms with Crippen LogP contribution in [0.4, 0.5) is 10.2 Å². The number of carbonyl (C=O) groups is 1. The van der Waals surface area contributed by atoms with Gasteiger partial charge in [-0.3, -0.25) is 4.79 Å². The quantitative estimate of drug-likeness (QED) is 0.554. The van der Waals surface area contributed by atoms with Gasteiger partial charge in [0.25, 0.3) is 5.91 Å². The molecule has 0 fully saturated rings. The third-order valence-corrected chi connectivity index (χ3v) is 4.86. The fourth-order valence-corrected chi connectivity index (χ4v) is 3.55. The SMILES string of the molecule is NC(=O)c1cnc(N2CCc3[nH]cnc3[C@H]2c2cc3c(F)cccn3n2)cn1. The number of amides is 1. The van der Waals surface area contributed by atoms with E-state index >= 15 is 0 Å². The number of pyridine rings is 1. The summed E-state index contributed by atoms with van der Waals surface area (Å²) in [5, 5.41) is 4.56. The minimum atomic E-state index is -0.639. The molecule has 3 N–H and O–H groups in total. The molecule has 0 bridgehead atoms. The van der Waals surface area contributed by atoms with Gasteiger partial charge in [0.15, 0.2) is 0 Å². The Morgan fingerprint density at radius 1 is 1.29 bits per heavy atom. The Morgan fingerprint density at radius 3 is 2.93 bits per heavy atom. The molecule has 0 saturated heterocycles. The van der Waals surface area contributed by atoms with E-state index in [4.69, 9.17) is 5.73 Å². The van der Waals surface area contributed by atoms with Crippen LogP contribution in [0.5, 0.6) is 0 Å². The van der Waals surface area contributed by atoms with Gasteiger partial charge in [-0.25, -0.2) is 23.9 Å². The number of primary amides is 1. The molecule has 1 atom stereocenters. The van der Waals surface area contributed by atoms with Crippen LogP contribution in [0.25, 0.3) is 5.52 Å². The number of hydrogen-bond acceptors (Lipinski definition) is 6. The smallest absolute Gasteiger partial charge is 0.268 e. The van der Waals surface area contributed by atoms with E-state index in [1.165, 1.54) is 23.0 Å². The van der Waals surface area contributed by atoms with Gasteiger partial charge in [0.1, 0.15) is 28.9 Å². The lowest BCUT2D eigenvalue weighted by atomic mass is 10.00. The number of imidazole rings is 1. The van der Waals surface area contributed by atoms with Crippen LogP contribution in [0.3, 0.4) is 0 Å². The normalized spacial score (nSPS) is 16.3. The first-order valence-corrected chi connectivity index (χ1v) is 8.66. The summed E-state index contributed by atoms with van der Waals surface area (Å²) in [6.45, 7) is 0.626. The molecule has 9 nitrogen and oxygen atoms in total. The highest BCUT2D eigenvalue weighted by atomic mass is 19.1. The fraction of sp³-hybridized carbons (Fsp3) is 0.167. The predicted octanol–water partition coefficient (Wildman–Crippen LogP) is 1.24. The van der Waals surface area contributed by atoms with Crippen LogP contribution >= 0.6 is 0 Å². The van der Waals surface area contributed by atoms with Crippen molar-refractivity contribution >= 4 is 17.2 Å². The lowest BCUT2D eigenvalue weighted by molar-refractivity contribution is 0.0995. The Bertz CT molecular complexity index is 1180. The van der Waals surface area contributed by atoms with Crippen molar-refractivity contribution in [2.24, 2.45) is 5.73 Å². The van der Waals surface area contributed by atoms with E-state index in [2.05, 4.69) is 25.0 Å². The summed E-state index contributed by atoms with van der Waals surface area (Å²) in [5.74, 6) is -0.433. The molecule has 0 unspecified atom stereocenters. The van der Waals surface area contributed by atoms with Crippen molar-refractivity contribution in [3.63, 3.8) is 0 Å². The van der Waals surface area contributed by atoms with Crippen LogP contribution in [-0.4, -0.2) is 42.0 Å². The number of carbonyl (C=O) groups excluding carboxylic acids is 1. The molecule has 28 heavy (non-hydrogen) atoms. The van der Waals surface area contributed by atoms with Gasteiger partial charge in [-0.2, -0.15) is 5.10 Å². The number of nitrogens with two attached hydrogens (primary N) is 1. The van der Waals surface area contributed by atoms with E-state index in [0.717, 1.165) is 17.8 Å². The molecule has 0 aliphatic carbocycles. The summed E-state index contributed by atoms with van der Waals surface area (Å²) in [6.07, 6.45) is 6.91. The average Bonchev–Trinajstić information content (AvgIpc) is 3.34. The largest absolute Gasteiger partial charge is 0.364 e. The molecule has 0 saturated carbocycles. The highest BCUT2D eigenvalue weighted by molar-refractivity contribution is 5.90. The first-order valence-electron chi connectivity index (χ1n) is 8.66. The zero-order valence-corrected chi connectivity index (χ0v) is 14.6. The van der Waals surface area contributed by atoms with Gasteiger partial charge >= 0.3 is 0 Å². The molecule has 10 heteroatoms. The first kappa shape index (κ1) is 16.4. The van der Waals surface area contributed by atoms with Crippen molar-refractivity contribution in [1.29, 1.82) is 0 Å². The second-order valence-electron chi connectivity index (χ2n) is 6.49. The van der Waals surface area contributed by atoms with Crippen molar-refractivity contribution in [3.8, 4) is 0 Å². The Balaban J connectivity index is 1.63. The lowest BCUT2D eigenvalue weighted by Gasteiger charge is -2.34. The average molecular weight is 378 g/mol. The minimum Gasteiger partial charge on any atom is -0.364 e. The molecule has 1 aliphatic rings. The maximum Gasteiger partial charge on any atom is 0.268 e. The van der Waals surface area contributed by atoms with E-state index in [0.29, 0.717) is 23.6 Å². The number of nitrogens with zero attached hydrogens (tertiary/aromatic N) is 6.